The van der Waals surface area contributed by atoms with Crippen molar-refractivity contribution < 1.29 is 30.0 Å². The Labute approximate surface area is 141 Å². The number of rotatable bonds is 8. The highest BCUT2D eigenvalue weighted by atomic mass is 16.4. The lowest BCUT2D eigenvalue weighted by Gasteiger charge is -2.16. The van der Waals surface area contributed by atoms with E-state index < -0.39 is 36.2 Å². The van der Waals surface area contributed by atoms with Gasteiger partial charge in [0.15, 0.2) is 0 Å². The molecule has 0 aliphatic heterocycles. The third-order valence-corrected chi connectivity index (χ3v) is 3.18. The van der Waals surface area contributed by atoms with E-state index in [0.717, 1.165) is 5.56 Å². The summed E-state index contributed by atoms with van der Waals surface area (Å²) in [5.74, 6) is -2.08. The Morgan fingerprint density at radius 2 is 1.42 bits per heavy atom. The van der Waals surface area contributed by atoms with Gasteiger partial charge in [0.05, 0.1) is 12.2 Å². The molecule has 8 heteroatoms. The van der Waals surface area contributed by atoms with Crippen LogP contribution in [-0.2, 0) is 16.1 Å². The first-order chi connectivity index (χ1) is 11.2. The van der Waals surface area contributed by atoms with Crippen LogP contribution < -0.4 is 10.6 Å². The molecule has 6 N–H and O–H groups in total. The molecule has 0 saturated carbocycles. The second-order valence-corrected chi connectivity index (χ2v) is 5.27. The lowest BCUT2D eigenvalue weighted by Crippen LogP contribution is -2.44. The van der Waals surface area contributed by atoms with Gasteiger partial charge in [-0.3, -0.25) is 14.9 Å². The zero-order valence-electron chi connectivity index (χ0n) is 14.0. The molecule has 0 aliphatic carbocycles. The summed E-state index contributed by atoms with van der Waals surface area (Å²) in [7, 11) is 1.49. The van der Waals surface area contributed by atoms with Gasteiger partial charge in [-0.2, -0.15) is 0 Å². The molecule has 1 aromatic rings. The Morgan fingerprint density at radius 3 is 1.71 bits per heavy atom. The Hall–Kier alpha value is -2.00. The van der Waals surface area contributed by atoms with Crippen molar-refractivity contribution in [3.8, 4) is 0 Å². The van der Waals surface area contributed by atoms with Crippen molar-refractivity contribution in [1.29, 1.82) is 0 Å². The molecule has 1 aromatic carbocycles. The standard InChI is InChI=1S/C11H15NO3.C5H11NO3/c1-8(13)10(11(14)15)12-7-9-5-3-2-4-6-9;1-3(7)4(6-2)5(8)9/h2-6,8,10,12-13H,7H2,1H3,(H,14,15);3-4,6-7H,1-2H3,(H,8,9)/t8-,10+;3-,4+/m11/s1. The van der Waals surface area contributed by atoms with Crippen LogP contribution in [0.15, 0.2) is 30.3 Å². The van der Waals surface area contributed by atoms with Crippen LogP contribution in [0, 0.1) is 0 Å². The van der Waals surface area contributed by atoms with Crippen LogP contribution in [0.2, 0.25) is 0 Å². The number of carboxylic acids is 2. The Kier molecular flexibility index (Phi) is 10.6. The minimum atomic E-state index is -1.04. The first-order valence-corrected chi connectivity index (χ1v) is 7.47. The highest BCUT2D eigenvalue weighted by Gasteiger charge is 2.21. The van der Waals surface area contributed by atoms with Crippen LogP contribution >= 0.6 is 0 Å². The van der Waals surface area contributed by atoms with E-state index in [1.165, 1.54) is 20.9 Å². The van der Waals surface area contributed by atoms with E-state index in [2.05, 4.69) is 10.6 Å². The van der Waals surface area contributed by atoms with Crippen LogP contribution in [0.4, 0.5) is 0 Å². The molecule has 0 unspecified atom stereocenters. The molecule has 0 radical (unpaired) electrons. The molecular formula is C16H26N2O6. The van der Waals surface area contributed by atoms with Crippen molar-refractivity contribution in [3.63, 3.8) is 0 Å². The molecule has 136 valence electrons. The summed E-state index contributed by atoms with van der Waals surface area (Å²) >= 11 is 0. The zero-order valence-corrected chi connectivity index (χ0v) is 14.0. The number of aliphatic carboxylic acids is 2. The minimum Gasteiger partial charge on any atom is -0.480 e. The topological polar surface area (TPSA) is 139 Å². The van der Waals surface area contributed by atoms with Gasteiger partial charge in [-0.15, -0.1) is 0 Å². The second kappa shape index (κ2) is 11.5. The highest BCUT2D eigenvalue weighted by Crippen LogP contribution is 2.00. The quantitative estimate of drug-likeness (QED) is 0.377. The van der Waals surface area contributed by atoms with Crippen LogP contribution in [-0.4, -0.2) is 63.7 Å². The molecule has 0 bridgehead atoms. The maximum atomic E-state index is 10.7. The van der Waals surface area contributed by atoms with Gasteiger partial charge in [0, 0.05) is 6.54 Å². The molecule has 24 heavy (non-hydrogen) atoms. The Morgan fingerprint density at radius 1 is 0.958 bits per heavy atom. The first-order valence-electron chi connectivity index (χ1n) is 7.47. The molecule has 0 spiro atoms. The molecule has 0 heterocycles. The predicted molar refractivity (Wildman–Crippen MR) is 88.6 cm³/mol. The van der Waals surface area contributed by atoms with Gasteiger partial charge in [0.1, 0.15) is 12.1 Å². The first kappa shape index (κ1) is 22.0. The maximum Gasteiger partial charge on any atom is 0.323 e. The largest absolute Gasteiger partial charge is 0.480 e. The summed E-state index contributed by atoms with van der Waals surface area (Å²) in [4.78, 5) is 20.9. The van der Waals surface area contributed by atoms with Crippen molar-refractivity contribution >= 4 is 11.9 Å². The normalized spacial score (nSPS) is 15.4. The van der Waals surface area contributed by atoms with E-state index in [0.29, 0.717) is 6.54 Å². The monoisotopic (exact) mass is 342 g/mol. The van der Waals surface area contributed by atoms with E-state index in [-0.39, 0.29) is 0 Å². The van der Waals surface area contributed by atoms with Gasteiger partial charge < -0.3 is 25.7 Å². The van der Waals surface area contributed by atoms with Gasteiger partial charge in [0.25, 0.3) is 0 Å². The molecule has 0 saturated heterocycles. The Bertz CT molecular complexity index is 493. The molecule has 0 amide bonds. The van der Waals surface area contributed by atoms with Crippen LogP contribution in [0.5, 0.6) is 0 Å². The number of carbonyl (C=O) groups is 2. The van der Waals surface area contributed by atoms with E-state index in [4.69, 9.17) is 15.3 Å². The number of nitrogens with one attached hydrogen (secondary N) is 2. The van der Waals surface area contributed by atoms with Gasteiger partial charge >= 0.3 is 11.9 Å². The zero-order chi connectivity index (χ0) is 18.7. The number of aliphatic hydroxyl groups excluding tert-OH is 2. The number of likely N-dealkylation sites (N-methyl/N-ethyl adjacent to an activating group) is 1. The lowest BCUT2D eigenvalue weighted by molar-refractivity contribution is -0.143. The van der Waals surface area contributed by atoms with Crippen molar-refractivity contribution in [2.45, 2.75) is 44.7 Å². The number of hydrogen-bond donors (Lipinski definition) is 6. The van der Waals surface area contributed by atoms with Gasteiger partial charge in [-0.05, 0) is 26.5 Å². The summed E-state index contributed by atoms with van der Waals surface area (Å²) < 4.78 is 0. The molecule has 4 atom stereocenters. The van der Waals surface area contributed by atoms with Crippen molar-refractivity contribution in [2.75, 3.05) is 7.05 Å². The number of benzene rings is 1. The summed E-state index contributed by atoms with van der Waals surface area (Å²) in [6.45, 7) is 3.31. The molecule has 0 aromatic heterocycles. The van der Waals surface area contributed by atoms with Crippen LogP contribution in [0.25, 0.3) is 0 Å². The van der Waals surface area contributed by atoms with Crippen LogP contribution in [0.3, 0.4) is 0 Å². The smallest absolute Gasteiger partial charge is 0.323 e. The summed E-state index contributed by atoms with van der Waals surface area (Å²) in [6, 6.07) is 7.68. The minimum absolute atomic E-state index is 0.433. The second-order valence-electron chi connectivity index (χ2n) is 5.27. The summed E-state index contributed by atoms with van der Waals surface area (Å²) in [5.41, 5.74) is 0.990. The van der Waals surface area contributed by atoms with E-state index in [1.54, 1.807) is 0 Å². The van der Waals surface area contributed by atoms with E-state index >= 15 is 0 Å². The average Bonchev–Trinajstić information content (AvgIpc) is 2.48. The summed E-state index contributed by atoms with van der Waals surface area (Å²) in [6.07, 6.45) is -1.77. The van der Waals surface area contributed by atoms with E-state index in [9.17, 15) is 14.7 Å². The fourth-order valence-electron chi connectivity index (χ4n) is 1.86. The third-order valence-electron chi connectivity index (χ3n) is 3.18. The SMILES string of the molecule is CN[C@H](C(=O)O)[C@@H](C)O.C[C@@H](O)[C@H](NCc1ccccc1)C(=O)O. The van der Waals surface area contributed by atoms with Crippen LogP contribution in [0.1, 0.15) is 19.4 Å². The van der Waals surface area contributed by atoms with Gasteiger partial charge in [-0.1, -0.05) is 30.3 Å². The highest BCUT2D eigenvalue weighted by molar-refractivity contribution is 5.74. The lowest BCUT2D eigenvalue weighted by atomic mass is 10.1. The van der Waals surface area contributed by atoms with Crippen molar-refractivity contribution in [3.05, 3.63) is 35.9 Å². The average molecular weight is 342 g/mol. The molecule has 0 aliphatic rings. The number of carboxylic acid groups (broad SMARTS) is 2. The predicted octanol–water partition coefficient (Wildman–Crippen LogP) is -0.350. The molecule has 8 nitrogen and oxygen atoms in total. The fourth-order valence-corrected chi connectivity index (χ4v) is 1.86. The molecule has 0 fully saturated rings. The van der Waals surface area contributed by atoms with Gasteiger partial charge in [0.2, 0.25) is 0 Å². The third kappa shape index (κ3) is 8.59. The van der Waals surface area contributed by atoms with Gasteiger partial charge in [-0.25, -0.2) is 0 Å². The molecular weight excluding hydrogens is 316 g/mol. The number of hydrogen-bond acceptors (Lipinski definition) is 6. The molecule has 1 rings (SSSR count). The number of aliphatic hydroxyl groups is 2. The maximum absolute atomic E-state index is 10.7. The van der Waals surface area contributed by atoms with Crippen molar-refractivity contribution in [1.82, 2.24) is 10.6 Å². The van der Waals surface area contributed by atoms with Crippen molar-refractivity contribution in [2.24, 2.45) is 0 Å². The van der Waals surface area contributed by atoms with E-state index in [1.807, 2.05) is 30.3 Å². The summed E-state index contributed by atoms with van der Waals surface area (Å²) in [5, 5.41) is 40.3. The Balaban J connectivity index is 0.000000506. The fraction of sp³-hybridized carbons (Fsp3) is 0.500.